The van der Waals surface area contributed by atoms with Crippen molar-refractivity contribution in [1.29, 1.82) is 0 Å². The fraction of sp³-hybridized carbons (Fsp3) is 0.382. The number of aryl methyl sites for hydroxylation is 1. The lowest BCUT2D eigenvalue weighted by molar-refractivity contribution is 0.104. The second-order valence-electron chi connectivity index (χ2n) is 10.6. The molecule has 200 valence electrons. The van der Waals surface area contributed by atoms with Gasteiger partial charge in [0, 0.05) is 17.7 Å². The SMILES string of the molecule is Cc1ccccc1-c1ccc(OCCCCCN2CCCC2)c(C=CC(=O)c2ccccc2CN(C)C)c1. The third-order valence-electron chi connectivity index (χ3n) is 7.22. The molecule has 0 radical (unpaired) electrons. The van der Waals surface area contributed by atoms with Crippen LogP contribution in [0.5, 0.6) is 5.75 Å². The van der Waals surface area contributed by atoms with Crippen molar-refractivity contribution in [3.63, 3.8) is 0 Å². The Hall–Kier alpha value is -3.21. The Balaban J connectivity index is 1.48. The number of allylic oxidation sites excluding steroid dienone is 1. The number of rotatable bonds is 13. The minimum Gasteiger partial charge on any atom is -0.493 e. The molecule has 1 aliphatic heterocycles. The van der Waals surface area contributed by atoms with Gasteiger partial charge in [-0.3, -0.25) is 4.79 Å². The quantitative estimate of drug-likeness (QED) is 0.138. The first-order valence-corrected chi connectivity index (χ1v) is 14.0. The molecule has 0 aromatic heterocycles. The van der Waals surface area contributed by atoms with E-state index in [2.05, 4.69) is 59.2 Å². The van der Waals surface area contributed by atoms with Crippen LogP contribution in [0.25, 0.3) is 17.2 Å². The van der Waals surface area contributed by atoms with Crippen molar-refractivity contribution in [3.8, 4) is 16.9 Å². The average Bonchev–Trinajstić information content (AvgIpc) is 3.43. The maximum absolute atomic E-state index is 13.2. The lowest BCUT2D eigenvalue weighted by Crippen LogP contribution is -2.20. The van der Waals surface area contributed by atoms with E-state index < -0.39 is 0 Å². The van der Waals surface area contributed by atoms with Crippen molar-refractivity contribution < 1.29 is 9.53 Å². The van der Waals surface area contributed by atoms with Crippen LogP contribution in [-0.2, 0) is 6.54 Å². The number of carbonyl (C=O) groups is 1. The van der Waals surface area contributed by atoms with Crippen LogP contribution in [0.4, 0.5) is 0 Å². The molecule has 0 aliphatic carbocycles. The highest BCUT2D eigenvalue weighted by molar-refractivity contribution is 6.08. The second-order valence-corrected chi connectivity index (χ2v) is 10.6. The van der Waals surface area contributed by atoms with Gasteiger partial charge < -0.3 is 14.5 Å². The molecule has 0 amide bonds. The number of benzene rings is 3. The van der Waals surface area contributed by atoms with E-state index in [9.17, 15) is 4.79 Å². The van der Waals surface area contributed by atoms with E-state index in [-0.39, 0.29) is 5.78 Å². The van der Waals surface area contributed by atoms with Crippen molar-refractivity contribution in [1.82, 2.24) is 9.80 Å². The zero-order valence-corrected chi connectivity index (χ0v) is 23.3. The molecule has 0 bridgehead atoms. The maximum Gasteiger partial charge on any atom is 0.186 e. The number of ketones is 1. The largest absolute Gasteiger partial charge is 0.493 e. The van der Waals surface area contributed by atoms with Crippen LogP contribution in [-0.4, -0.2) is 55.9 Å². The van der Waals surface area contributed by atoms with Crippen LogP contribution >= 0.6 is 0 Å². The number of likely N-dealkylation sites (tertiary alicyclic amines) is 1. The highest BCUT2D eigenvalue weighted by atomic mass is 16.5. The van der Waals surface area contributed by atoms with Crippen molar-refractivity contribution in [3.05, 3.63) is 95.1 Å². The van der Waals surface area contributed by atoms with Gasteiger partial charge in [-0.05, 0) is 119 Å². The number of carbonyl (C=O) groups excluding carboxylic acids is 1. The molecule has 4 heteroatoms. The first-order valence-electron chi connectivity index (χ1n) is 14.0. The van der Waals surface area contributed by atoms with Crippen molar-refractivity contribution >= 4 is 11.9 Å². The van der Waals surface area contributed by atoms with E-state index >= 15 is 0 Å². The molecular formula is C34H42N2O2. The molecule has 1 aliphatic rings. The lowest BCUT2D eigenvalue weighted by Gasteiger charge is -2.15. The molecule has 1 saturated heterocycles. The molecular weight excluding hydrogens is 468 g/mol. The van der Waals surface area contributed by atoms with Gasteiger partial charge in [-0.15, -0.1) is 0 Å². The van der Waals surface area contributed by atoms with E-state index in [1.54, 1.807) is 6.08 Å². The van der Waals surface area contributed by atoms with Crippen LogP contribution in [0.2, 0.25) is 0 Å². The Bertz CT molecular complexity index is 1220. The Kier molecular flexibility index (Phi) is 10.3. The standard InChI is InChI=1S/C34H42N2O2/c1-27-13-5-7-15-31(27)28-18-20-34(38-24-12-4-9-21-36-22-10-11-23-36)29(25-28)17-19-33(37)32-16-8-6-14-30(32)26-35(2)3/h5-8,13-20,25H,4,9-12,21-24,26H2,1-3H3. The topological polar surface area (TPSA) is 32.8 Å². The first kappa shape index (κ1) is 27.8. The summed E-state index contributed by atoms with van der Waals surface area (Å²) in [5.74, 6) is 0.837. The van der Waals surface area contributed by atoms with Gasteiger partial charge in [-0.1, -0.05) is 54.6 Å². The minimum absolute atomic E-state index is 0.0107. The first-order chi connectivity index (χ1) is 18.5. The molecule has 3 aromatic rings. The number of hydrogen-bond acceptors (Lipinski definition) is 4. The summed E-state index contributed by atoms with van der Waals surface area (Å²) >= 11 is 0. The summed E-state index contributed by atoms with van der Waals surface area (Å²) in [6.07, 6.45) is 9.73. The van der Waals surface area contributed by atoms with Crippen molar-refractivity contribution in [2.24, 2.45) is 0 Å². The Morgan fingerprint density at radius 2 is 1.71 bits per heavy atom. The minimum atomic E-state index is 0.0107. The number of ether oxygens (including phenoxy) is 1. The molecule has 0 saturated carbocycles. The molecule has 4 nitrogen and oxygen atoms in total. The maximum atomic E-state index is 13.2. The van der Waals surface area contributed by atoms with Crippen molar-refractivity contribution in [2.45, 2.75) is 45.6 Å². The second kappa shape index (κ2) is 14.1. The summed E-state index contributed by atoms with van der Waals surface area (Å²) in [6.45, 7) is 7.27. The highest BCUT2D eigenvalue weighted by Gasteiger charge is 2.12. The van der Waals surface area contributed by atoms with Gasteiger partial charge in [0.2, 0.25) is 0 Å². The molecule has 1 heterocycles. The van der Waals surface area contributed by atoms with Gasteiger partial charge in [0.05, 0.1) is 6.61 Å². The van der Waals surface area contributed by atoms with Crippen LogP contribution in [0.15, 0.2) is 72.8 Å². The van der Waals surface area contributed by atoms with Gasteiger partial charge in [0.1, 0.15) is 5.75 Å². The zero-order chi connectivity index (χ0) is 26.7. The third-order valence-corrected chi connectivity index (χ3v) is 7.22. The molecule has 0 N–H and O–H groups in total. The average molecular weight is 511 g/mol. The van der Waals surface area contributed by atoms with E-state index in [0.717, 1.165) is 41.0 Å². The molecule has 3 aromatic carbocycles. The number of nitrogens with zero attached hydrogens (tertiary/aromatic N) is 2. The Morgan fingerprint density at radius 1 is 0.947 bits per heavy atom. The van der Waals surface area contributed by atoms with E-state index in [1.165, 1.54) is 56.4 Å². The summed E-state index contributed by atoms with van der Waals surface area (Å²) in [6, 6.07) is 22.6. The van der Waals surface area contributed by atoms with E-state index in [0.29, 0.717) is 6.61 Å². The summed E-state index contributed by atoms with van der Waals surface area (Å²) < 4.78 is 6.26. The van der Waals surface area contributed by atoms with E-state index in [1.807, 2.05) is 44.4 Å². The smallest absolute Gasteiger partial charge is 0.186 e. The lowest BCUT2D eigenvalue weighted by atomic mass is 9.97. The number of hydrogen-bond donors (Lipinski definition) is 0. The molecule has 1 fully saturated rings. The predicted molar refractivity (Wildman–Crippen MR) is 159 cm³/mol. The fourth-order valence-corrected chi connectivity index (χ4v) is 5.17. The van der Waals surface area contributed by atoms with E-state index in [4.69, 9.17) is 4.74 Å². The highest BCUT2D eigenvalue weighted by Crippen LogP contribution is 2.30. The molecule has 38 heavy (non-hydrogen) atoms. The fourth-order valence-electron chi connectivity index (χ4n) is 5.17. The van der Waals surface area contributed by atoms with Gasteiger partial charge in [0.15, 0.2) is 5.78 Å². The van der Waals surface area contributed by atoms with Gasteiger partial charge in [-0.25, -0.2) is 0 Å². The normalized spacial score (nSPS) is 14.0. The Morgan fingerprint density at radius 3 is 2.50 bits per heavy atom. The van der Waals surface area contributed by atoms with Crippen LogP contribution in [0.3, 0.4) is 0 Å². The molecule has 0 spiro atoms. The summed E-state index contributed by atoms with van der Waals surface area (Å²) in [5, 5.41) is 0. The molecule has 0 unspecified atom stereocenters. The molecule has 4 rings (SSSR count). The van der Waals surface area contributed by atoms with Crippen LogP contribution in [0, 0.1) is 6.92 Å². The monoisotopic (exact) mass is 510 g/mol. The van der Waals surface area contributed by atoms with Crippen molar-refractivity contribution in [2.75, 3.05) is 40.3 Å². The van der Waals surface area contributed by atoms with Crippen LogP contribution < -0.4 is 4.74 Å². The Labute approximate surface area is 228 Å². The van der Waals surface area contributed by atoms with Gasteiger partial charge in [0.25, 0.3) is 0 Å². The van der Waals surface area contributed by atoms with Crippen LogP contribution in [0.1, 0.15) is 59.2 Å². The zero-order valence-electron chi connectivity index (χ0n) is 23.3. The number of unbranched alkanes of at least 4 members (excludes halogenated alkanes) is 2. The van der Waals surface area contributed by atoms with Gasteiger partial charge >= 0.3 is 0 Å². The predicted octanol–water partition coefficient (Wildman–Crippen LogP) is 7.26. The third kappa shape index (κ3) is 7.89. The summed E-state index contributed by atoms with van der Waals surface area (Å²) in [4.78, 5) is 17.9. The summed E-state index contributed by atoms with van der Waals surface area (Å²) in [5.41, 5.74) is 6.25. The summed E-state index contributed by atoms with van der Waals surface area (Å²) in [7, 11) is 4.04. The van der Waals surface area contributed by atoms with Gasteiger partial charge in [-0.2, -0.15) is 0 Å². The molecule has 0 atom stereocenters.